The molecule has 44 heavy (non-hydrogen) atoms. The summed E-state index contributed by atoms with van der Waals surface area (Å²) >= 11 is 0. The molecule has 202 valence electrons. The summed E-state index contributed by atoms with van der Waals surface area (Å²) in [5.41, 5.74) is 9.03. The van der Waals surface area contributed by atoms with Gasteiger partial charge in [0.05, 0.1) is 62.3 Å². The van der Waals surface area contributed by atoms with E-state index in [0.29, 0.717) is 16.7 Å². The normalized spacial score (nSPS) is 11.1. The van der Waals surface area contributed by atoms with Crippen molar-refractivity contribution in [2.24, 2.45) is 0 Å². The average molecular weight is 560 g/mol. The van der Waals surface area contributed by atoms with Crippen molar-refractivity contribution in [1.29, 1.82) is 15.8 Å². The summed E-state index contributed by atoms with van der Waals surface area (Å²) in [5.74, 6) is 0. The Morgan fingerprint density at radius 2 is 0.864 bits per heavy atom. The van der Waals surface area contributed by atoms with Crippen LogP contribution in [-0.4, -0.2) is 9.13 Å². The Labute approximate surface area is 252 Å². The van der Waals surface area contributed by atoms with Gasteiger partial charge >= 0.3 is 0 Å². The van der Waals surface area contributed by atoms with E-state index >= 15 is 0 Å². The molecule has 8 aromatic rings. The van der Waals surface area contributed by atoms with Crippen LogP contribution in [-0.2, 0) is 0 Å². The second kappa shape index (κ2) is 9.74. The number of rotatable bonds is 3. The Hall–Kier alpha value is -6.61. The third-order valence-corrected chi connectivity index (χ3v) is 8.43. The zero-order valence-corrected chi connectivity index (χ0v) is 23.4. The highest BCUT2D eigenvalue weighted by molar-refractivity contribution is 6.11. The first-order valence-electron chi connectivity index (χ1n) is 14.2. The van der Waals surface area contributed by atoms with Crippen molar-refractivity contribution in [1.82, 2.24) is 9.13 Å². The Morgan fingerprint density at radius 1 is 0.386 bits per heavy atom. The van der Waals surface area contributed by atoms with E-state index in [9.17, 15) is 15.8 Å². The van der Waals surface area contributed by atoms with Crippen LogP contribution in [0.1, 0.15) is 16.7 Å². The number of para-hydroxylation sites is 3. The molecule has 2 aromatic heterocycles. The monoisotopic (exact) mass is 559 g/mol. The van der Waals surface area contributed by atoms with Crippen LogP contribution in [0.25, 0.3) is 66.1 Å². The summed E-state index contributed by atoms with van der Waals surface area (Å²) in [6.45, 7) is 0. The summed E-state index contributed by atoms with van der Waals surface area (Å²) in [6.07, 6.45) is 0. The molecule has 0 unspecified atom stereocenters. The molecule has 0 aliphatic heterocycles. The quantitative estimate of drug-likeness (QED) is 0.216. The summed E-state index contributed by atoms with van der Waals surface area (Å²) in [5, 5.41) is 34.1. The number of hydrogen-bond donors (Lipinski definition) is 0. The maximum Gasteiger partial charge on any atom is 0.102 e. The maximum atomic E-state index is 10.8. The Bertz CT molecular complexity index is 2470. The van der Waals surface area contributed by atoms with Crippen molar-refractivity contribution in [2.75, 3.05) is 0 Å². The molecule has 0 saturated carbocycles. The zero-order chi connectivity index (χ0) is 29.8. The highest BCUT2D eigenvalue weighted by Gasteiger charge is 2.21. The maximum absolute atomic E-state index is 10.8. The van der Waals surface area contributed by atoms with Gasteiger partial charge in [0.25, 0.3) is 0 Å². The molecule has 0 aliphatic rings. The lowest BCUT2D eigenvalue weighted by Gasteiger charge is -2.17. The van der Waals surface area contributed by atoms with Crippen LogP contribution in [0.5, 0.6) is 0 Å². The molecule has 6 aromatic carbocycles. The number of fused-ring (bicyclic) bond motifs is 6. The van der Waals surface area contributed by atoms with E-state index in [1.807, 2.05) is 97.1 Å². The topological polar surface area (TPSA) is 81.2 Å². The third kappa shape index (κ3) is 3.56. The van der Waals surface area contributed by atoms with Gasteiger partial charge in [0.15, 0.2) is 0 Å². The standard InChI is InChI=1S/C39H21N5/c40-22-25-16-18-38-31(20-25)32-21-26(23-41)17-19-39(32)44(38)34-12-4-1-8-28(34)27-11-7-15-37(33(27)24-42)43-35-13-5-2-9-29(35)30-10-3-6-14-36(30)43/h1-21H. The molecule has 5 nitrogen and oxygen atoms in total. The summed E-state index contributed by atoms with van der Waals surface area (Å²) in [4.78, 5) is 0. The van der Waals surface area contributed by atoms with Gasteiger partial charge in [-0.3, -0.25) is 0 Å². The van der Waals surface area contributed by atoms with Crippen LogP contribution in [0, 0.1) is 34.0 Å². The van der Waals surface area contributed by atoms with Gasteiger partial charge in [-0.05, 0) is 60.7 Å². The lowest BCUT2D eigenvalue weighted by atomic mass is 9.96. The molecule has 8 rings (SSSR count). The minimum Gasteiger partial charge on any atom is -0.309 e. The van der Waals surface area contributed by atoms with E-state index in [1.165, 1.54) is 0 Å². The first-order valence-corrected chi connectivity index (χ1v) is 14.2. The predicted molar refractivity (Wildman–Crippen MR) is 175 cm³/mol. The molecular formula is C39H21N5. The van der Waals surface area contributed by atoms with Crippen molar-refractivity contribution >= 4 is 43.6 Å². The van der Waals surface area contributed by atoms with Crippen LogP contribution in [0.15, 0.2) is 127 Å². The van der Waals surface area contributed by atoms with E-state index in [1.54, 1.807) is 0 Å². The second-order valence-corrected chi connectivity index (χ2v) is 10.7. The number of aromatic nitrogens is 2. The molecule has 0 radical (unpaired) electrons. The van der Waals surface area contributed by atoms with Gasteiger partial charge in [-0.15, -0.1) is 0 Å². The Morgan fingerprint density at radius 3 is 1.45 bits per heavy atom. The average Bonchev–Trinajstić information content (AvgIpc) is 3.59. The first-order chi connectivity index (χ1) is 21.7. The Balaban J connectivity index is 1.44. The van der Waals surface area contributed by atoms with Gasteiger partial charge in [-0.2, -0.15) is 15.8 Å². The number of benzene rings is 6. The van der Waals surface area contributed by atoms with Crippen molar-refractivity contribution in [2.45, 2.75) is 0 Å². The van der Waals surface area contributed by atoms with E-state index < -0.39 is 0 Å². The zero-order valence-electron chi connectivity index (χ0n) is 23.4. The largest absolute Gasteiger partial charge is 0.309 e. The van der Waals surface area contributed by atoms with Gasteiger partial charge in [0.2, 0.25) is 0 Å². The number of hydrogen-bond acceptors (Lipinski definition) is 3. The van der Waals surface area contributed by atoms with Crippen LogP contribution in [0.3, 0.4) is 0 Å². The predicted octanol–water partition coefficient (Wildman–Crippen LogP) is 9.16. The highest BCUT2D eigenvalue weighted by Crippen LogP contribution is 2.40. The molecule has 0 atom stereocenters. The van der Waals surface area contributed by atoms with Gasteiger partial charge in [0.1, 0.15) is 6.07 Å². The van der Waals surface area contributed by atoms with E-state index in [4.69, 9.17) is 0 Å². The second-order valence-electron chi connectivity index (χ2n) is 10.7. The summed E-state index contributed by atoms with van der Waals surface area (Å²) in [7, 11) is 0. The fraction of sp³-hybridized carbons (Fsp3) is 0. The fourth-order valence-electron chi connectivity index (χ4n) is 6.57. The molecule has 0 bridgehead atoms. The molecule has 5 heteroatoms. The molecule has 0 fully saturated rings. The minimum absolute atomic E-state index is 0.554. The van der Waals surface area contributed by atoms with Crippen LogP contribution in [0.4, 0.5) is 0 Å². The number of nitriles is 3. The molecule has 0 saturated heterocycles. The third-order valence-electron chi connectivity index (χ3n) is 8.43. The van der Waals surface area contributed by atoms with Crippen LogP contribution >= 0.6 is 0 Å². The SMILES string of the molecule is N#Cc1ccc2c(c1)c1cc(C#N)ccc1n2-c1ccccc1-c1cccc(-n2c3ccccc3c3ccccc32)c1C#N. The van der Waals surface area contributed by atoms with Crippen LogP contribution < -0.4 is 0 Å². The lowest BCUT2D eigenvalue weighted by Crippen LogP contribution is -2.02. The van der Waals surface area contributed by atoms with Gasteiger partial charge in [-0.1, -0.05) is 66.7 Å². The van der Waals surface area contributed by atoms with Gasteiger partial charge in [0, 0.05) is 32.7 Å². The van der Waals surface area contributed by atoms with E-state index in [-0.39, 0.29) is 0 Å². The van der Waals surface area contributed by atoms with Crippen molar-refractivity contribution in [3.63, 3.8) is 0 Å². The van der Waals surface area contributed by atoms with Crippen molar-refractivity contribution < 1.29 is 0 Å². The molecule has 0 spiro atoms. The van der Waals surface area contributed by atoms with E-state index in [0.717, 1.165) is 66.1 Å². The van der Waals surface area contributed by atoms with Crippen LogP contribution in [0.2, 0.25) is 0 Å². The Kier molecular flexibility index (Phi) is 5.56. The molecule has 0 amide bonds. The summed E-state index contributed by atoms with van der Waals surface area (Å²) in [6, 6.07) is 49.0. The molecule has 0 aliphatic carbocycles. The van der Waals surface area contributed by atoms with Crippen molar-refractivity contribution in [3.05, 3.63) is 144 Å². The fourth-order valence-corrected chi connectivity index (χ4v) is 6.57. The first kappa shape index (κ1) is 25.1. The number of nitrogens with zero attached hydrogens (tertiary/aromatic N) is 5. The minimum atomic E-state index is 0.554. The molecule has 0 N–H and O–H groups in total. The highest BCUT2D eigenvalue weighted by atomic mass is 15.0. The molecule has 2 heterocycles. The van der Waals surface area contributed by atoms with Gasteiger partial charge < -0.3 is 9.13 Å². The van der Waals surface area contributed by atoms with E-state index in [2.05, 4.69) is 57.7 Å². The van der Waals surface area contributed by atoms with Gasteiger partial charge in [-0.25, -0.2) is 0 Å². The lowest BCUT2D eigenvalue weighted by molar-refractivity contribution is 1.16. The molecular weight excluding hydrogens is 538 g/mol. The smallest absolute Gasteiger partial charge is 0.102 e. The summed E-state index contributed by atoms with van der Waals surface area (Å²) < 4.78 is 4.35. The van der Waals surface area contributed by atoms with Crippen molar-refractivity contribution in [3.8, 4) is 40.7 Å².